The molecule has 0 radical (unpaired) electrons. The van der Waals surface area contributed by atoms with Gasteiger partial charge in [-0.3, -0.25) is 0 Å². The standard InChI is InChI=1S/C12H24O/c1-8-6-7-9(2)11(13)10(8)12(3,4)5/h8-11,13H,6-7H2,1-5H3. The Bertz CT molecular complexity index is 168. The van der Waals surface area contributed by atoms with E-state index in [9.17, 15) is 5.11 Å². The quantitative estimate of drug-likeness (QED) is 0.613. The van der Waals surface area contributed by atoms with Gasteiger partial charge in [-0.05, 0) is 36.0 Å². The number of hydrogen-bond acceptors (Lipinski definition) is 1. The number of aliphatic hydroxyl groups is 1. The molecule has 0 aromatic carbocycles. The molecule has 0 saturated heterocycles. The summed E-state index contributed by atoms with van der Waals surface area (Å²) < 4.78 is 0. The van der Waals surface area contributed by atoms with Gasteiger partial charge in [0, 0.05) is 0 Å². The summed E-state index contributed by atoms with van der Waals surface area (Å²) in [5.74, 6) is 1.63. The predicted molar refractivity (Wildman–Crippen MR) is 56.5 cm³/mol. The maximum absolute atomic E-state index is 10.1. The normalized spacial score (nSPS) is 42.0. The maximum atomic E-state index is 10.1. The smallest absolute Gasteiger partial charge is 0.0601 e. The summed E-state index contributed by atoms with van der Waals surface area (Å²) in [7, 11) is 0. The Kier molecular flexibility index (Phi) is 3.06. The van der Waals surface area contributed by atoms with Gasteiger partial charge in [0.1, 0.15) is 0 Å². The Balaban J connectivity index is 2.78. The molecular formula is C12H24O. The van der Waals surface area contributed by atoms with E-state index in [2.05, 4.69) is 34.6 Å². The first-order valence-electron chi connectivity index (χ1n) is 5.52. The highest BCUT2D eigenvalue weighted by Crippen LogP contribution is 2.43. The summed E-state index contributed by atoms with van der Waals surface area (Å²) in [5.41, 5.74) is 0.244. The van der Waals surface area contributed by atoms with Crippen LogP contribution in [0.15, 0.2) is 0 Å². The van der Waals surface area contributed by atoms with Crippen molar-refractivity contribution in [3.8, 4) is 0 Å². The average molecular weight is 184 g/mol. The van der Waals surface area contributed by atoms with Crippen LogP contribution in [0.4, 0.5) is 0 Å². The van der Waals surface area contributed by atoms with Gasteiger partial charge in [0.05, 0.1) is 6.10 Å². The highest BCUT2D eigenvalue weighted by Gasteiger charge is 2.40. The third-order valence-corrected chi connectivity index (χ3v) is 3.64. The van der Waals surface area contributed by atoms with Crippen LogP contribution in [-0.4, -0.2) is 11.2 Å². The van der Waals surface area contributed by atoms with E-state index in [0.717, 1.165) is 0 Å². The number of hydrogen-bond donors (Lipinski definition) is 1. The van der Waals surface area contributed by atoms with Crippen LogP contribution in [0.3, 0.4) is 0 Å². The highest BCUT2D eigenvalue weighted by molar-refractivity contribution is 4.90. The molecule has 0 aliphatic heterocycles. The lowest BCUT2D eigenvalue weighted by Gasteiger charge is -2.45. The van der Waals surface area contributed by atoms with Gasteiger partial charge in [0.15, 0.2) is 0 Å². The van der Waals surface area contributed by atoms with E-state index in [1.54, 1.807) is 0 Å². The monoisotopic (exact) mass is 184 g/mol. The molecule has 0 amide bonds. The number of rotatable bonds is 0. The lowest BCUT2D eigenvalue weighted by Crippen LogP contribution is -2.43. The first kappa shape index (κ1) is 11.0. The SMILES string of the molecule is CC1CCC(C)C(C(C)(C)C)C1O. The lowest BCUT2D eigenvalue weighted by molar-refractivity contribution is -0.0536. The molecule has 1 saturated carbocycles. The lowest BCUT2D eigenvalue weighted by atomic mass is 9.63. The van der Waals surface area contributed by atoms with Crippen molar-refractivity contribution in [3.05, 3.63) is 0 Å². The van der Waals surface area contributed by atoms with Crippen molar-refractivity contribution in [2.45, 2.75) is 53.6 Å². The van der Waals surface area contributed by atoms with Gasteiger partial charge in [-0.1, -0.05) is 34.6 Å². The average Bonchev–Trinajstić information content (AvgIpc) is 1.95. The highest BCUT2D eigenvalue weighted by atomic mass is 16.3. The zero-order chi connectivity index (χ0) is 10.2. The molecule has 0 spiro atoms. The van der Waals surface area contributed by atoms with Crippen LogP contribution in [-0.2, 0) is 0 Å². The van der Waals surface area contributed by atoms with Crippen LogP contribution in [0.5, 0.6) is 0 Å². The second-order valence-corrected chi connectivity index (χ2v) is 5.91. The van der Waals surface area contributed by atoms with Gasteiger partial charge < -0.3 is 5.11 Å². The van der Waals surface area contributed by atoms with Gasteiger partial charge in [-0.2, -0.15) is 0 Å². The Labute approximate surface area is 82.5 Å². The Morgan fingerprint density at radius 3 is 1.85 bits per heavy atom. The van der Waals surface area contributed by atoms with Gasteiger partial charge in [0.2, 0.25) is 0 Å². The summed E-state index contributed by atoms with van der Waals surface area (Å²) in [6, 6.07) is 0. The van der Waals surface area contributed by atoms with Crippen molar-refractivity contribution in [1.29, 1.82) is 0 Å². The van der Waals surface area contributed by atoms with Crippen LogP contribution in [0.2, 0.25) is 0 Å². The molecule has 0 aromatic heterocycles. The van der Waals surface area contributed by atoms with Crippen molar-refractivity contribution in [1.82, 2.24) is 0 Å². The summed E-state index contributed by atoms with van der Waals surface area (Å²) in [5, 5.41) is 10.1. The molecule has 0 heterocycles. The van der Waals surface area contributed by atoms with Crippen LogP contribution in [0.1, 0.15) is 47.5 Å². The molecule has 0 aromatic rings. The molecule has 1 aliphatic rings. The van der Waals surface area contributed by atoms with Gasteiger partial charge >= 0.3 is 0 Å². The largest absolute Gasteiger partial charge is 0.393 e. The van der Waals surface area contributed by atoms with E-state index in [0.29, 0.717) is 17.8 Å². The van der Waals surface area contributed by atoms with Crippen molar-refractivity contribution in [2.75, 3.05) is 0 Å². The predicted octanol–water partition coefficient (Wildman–Crippen LogP) is 3.08. The summed E-state index contributed by atoms with van der Waals surface area (Å²) in [6.45, 7) is 11.2. The second-order valence-electron chi connectivity index (χ2n) is 5.91. The van der Waals surface area contributed by atoms with Crippen molar-refractivity contribution < 1.29 is 5.11 Å². The molecule has 1 nitrogen and oxygen atoms in total. The van der Waals surface area contributed by atoms with E-state index < -0.39 is 0 Å². The van der Waals surface area contributed by atoms with Crippen LogP contribution in [0.25, 0.3) is 0 Å². The third kappa shape index (κ3) is 2.25. The van der Waals surface area contributed by atoms with Crippen LogP contribution in [0, 0.1) is 23.2 Å². The van der Waals surface area contributed by atoms with Crippen molar-refractivity contribution in [2.24, 2.45) is 23.2 Å². The van der Waals surface area contributed by atoms with Gasteiger partial charge in [-0.25, -0.2) is 0 Å². The van der Waals surface area contributed by atoms with Gasteiger partial charge in [-0.15, -0.1) is 0 Å². The minimum absolute atomic E-state index is 0.0938. The topological polar surface area (TPSA) is 20.2 Å². The Hall–Kier alpha value is -0.0400. The molecule has 1 fully saturated rings. The van der Waals surface area contributed by atoms with Crippen LogP contribution >= 0.6 is 0 Å². The fraction of sp³-hybridized carbons (Fsp3) is 1.00. The molecule has 1 heteroatoms. The molecule has 0 bridgehead atoms. The van der Waals surface area contributed by atoms with E-state index in [1.807, 2.05) is 0 Å². The Morgan fingerprint density at radius 2 is 1.46 bits per heavy atom. The molecule has 1 rings (SSSR count). The first-order chi connectivity index (χ1) is 5.84. The fourth-order valence-electron chi connectivity index (χ4n) is 2.93. The number of aliphatic hydroxyl groups excluding tert-OH is 1. The first-order valence-corrected chi connectivity index (χ1v) is 5.52. The maximum Gasteiger partial charge on any atom is 0.0601 e. The minimum atomic E-state index is -0.0938. The molecule has 4 unspecified atom stereocenters. The van der Waals surface area contributed by atoms with Crippen LogP contribution < -0.4 is 0 Å². The summed E-state index contributed by atoms with van der Waals surface area (Å²) in [6.07, 6.45) is 2.37. The summed E-state index contributed by atoms with van der Waals surface area (Å²) in [4.78, 5) is 0. The molecule has 1 aliphatic carbocycles. The fourth-order valence-corrected chi connectivity index (χ4v) is 2.93. The minimum Gasteiger partial charge on any atom is -0.393 e. The van der Waals surface area contributed by atoms with Crippen molar-refractivity contribution >= 4 is 0 Å². The van der Waals surface area contributed by atoms with E-state index >= 15 is 0 Å². The third-order valence-electron chi connectivity index (χ3n) is 3.64. The summed E-state index contributed by atoms with van der Waals surface area (Å²) >= 11 is 0. The Morgan fingerprint density at radius 1 is 1.00 bits per heavy atom. The van der Waals surface area contributed by atoms with Crippen molar-refractivity contribution in [3.63, 3.8) is 0 Å². The molecule has 13 heavy (non-hydrogen) atoms. The van der Waals surface area contributed by atoms with E-state index in [-0.39, 0.29) is 11.5 Å². The zero-order valence-corrected chi connectivity index (χ0v) is 9.67. The molecular weight excluding hydrogens is 160 g/mol. The van der Waals surface area contributed by atoms with E-state index in [1.165, 1.54) is 12.8 Å². The second kappa shape index (κ2) is 3.61. The molecule has 4 atom stereocenters. The van der Waals surface area contributed by atoms with E-state index in [4.69, 9.17) is 0 Å². The molecule has 78 valence electrons. The van der Waals surface area contributed by atoms with Gasteiger partial charge in [0.25, 0.3) is 0 Å². The molecule has 1 N–H and O–H groups in total. The zero-order valence-electron chi connectivity index (χ0n) is 9.67.